The number of nitriles is 1. The Hall–Kier alpha value is -1.48. The molecule has 0 N–H and O–H groups in total. The van der Waals surface area contributed by atoms with E-state index < -0.39 is 9.84 Å². The van der Waals surface area contributed by atoms with Gasteiger partial charge in [0.2, 0.25) is 15.0 Å². The summed E-state index contributed by atoms with van der Waals surface area (Å²) in [5.41, 5.74) is 0.0467. The van der Waals surface area contributed by atoms with Crippen molar-refractivity contribution in [2.75, 3.05) is 6.26 Å². The zero-order valence-corrected chi connectivity index (χ0v) is 7.04. The average Bonchev–Trinajstić information content (AvgIpc) is 2.03. The van der Waals surface area contributed by atoms with E-state index in [9.17, 15) is 8.42 Å². The van der Waals surface area contributed by atoms with Crippen molar-refractivity contribution < 1.29 is 8.42 Å². The third-order valence-corrected chi connectivity index (χ3v) is 1.94. The molecule has 0 saturated carbocycles. The van der Waals surface area contributed by atoms with Crippen molar-refractivity contribution in [2.45, 2.75) is 5.16 Å². The predicted molar refractivity (Wildman–Crippen MR) is 39.9 cm³/mol. The van der Waals surface area contributed by atoms with E-state index in [1.54, 1.807) is 6.07 Å². The maximum Gasteiger partial charge on any atom is 0.248 e. The molecule has 0 aliphatic rings. The summed E-state index contributed by atoms with van der Waals surface area (Å²) in [5.74, 6) is 0. The number of aromatic nitrogens is 2. The number of nitrogens with zero attached hydrogens (tertiary/aromatic N) is 3. The topological polar surface area (TPSA) is 83.7 Å². The first-order valence-corrected chi connectivity index (χ1v) is 4.86. The molecule has 1 aromatic rings. The van der Waals surface area contributed by atoms with Gasteiger partial charge in [0.15, 0.2) is 0 Å². The van der Waals surface area contributed by atoms with Crippen LogP contribution in [0, 0.1) is 11.3 Å². The third kappa shape index (κ3) is 1.77. The molecule has 0 amide bonds. The largest absolute Gasteiger partial charge is 0.248 e. The molecule has 0 bridgehead atoms. The molecule has 0 radical (unpaired) electrons. The molecule has 62 valence electrons. The standard InChI is InChI=1S/C6H5N3O2S/c1-12(10,11)6-8-3-2-5(4-7)9-6/h2-3H,1H3. The molecule has 0 atom stereocenters. The maximum atomic E-state index is 10.9. The maximum absolute atomic E-state index is 10.9. The molecule has 1 rings (SSSR count). The molecule has 6 heteroatoms. The van der Waals surface area contributed by atoms with Crippen LogP contribution in [-0.4, -0.2) is 24.6 Å². The summed E-state index contributed by atoms with van der Waals surface area (Å²) >= 11 is 0. The number of sulfone groups is 1. The minimum atomic E-state index is -3.41. The van der Waals surface area contributed by atoms with Crippen LogP contribution in [0.1, 0.15) is 5.69 Å². The highest BCUT2D eigenvalue weighted by molar-refractivity contribution is 7.90. The Balaban J connectivity index is 3.32. The molecule has 0 fully saturated rings. The van der Waals surface area contributed by atoms with Crippen LogP contribution in [0.5, 0.6) is 0 Å². The summed E-state index contributed by atoms with van der Waals surface area (Å²) in [5, 5.41) is 8.07. The third-order valence-electron chi connectivity index (χ3n) is 1.08. The van der Waals surface area contributed by atoms with Gasteiger partial charge in [-0.2, -0.15) is 5.26 Å². The van der Waals surface area contributed by atoms with E-state index in [4.69, 9.17) is 5.26 Å². The molecular weight excluding hydrogens is 178 g/mol. The first-order chi connectivity index (χ1) is 5.54. The SMILES string of the molecule is CS(=O)(=O)c1nccc(C#N)n1. The van der Waals surface area contributed by atoms with Gasteiger partial charge in [-0.3, -0.25) is 0 Å². The molecule has 12 heavy (non-hydrogen) atoms. The first kappa shape index (κ1) is 8.62. The summed E-state index contributed by atoms with van der Waals surface area (Å²) in [6, 6.07) is 3.07. The number of hydrogen-bond donors (Lipinski definition) is 0. The molecule has 0 aromatic carbocycles. The monoisotopic (exact) mass is 183 g/mol. The van der Waals surface area contributed by atoms with Crippen LogP contribution < -0.4 is 0 Å². The average molecular weight is 183 g/mol. The minimum absolute atomic E-state index is 0.0467. The summed E-state index contributed by atoms with van der Waals surface area (Å²) in [6.45, 7) is 0. The van der Waals surface area contributed by atoms with E-state index in [1.807, 2.05) is 0 Å². The zero-order valence-electron chi connectivity index (χ0n) is 6.22. The van der Waals surface area contributed by atoms with Crippen LogP contribution in [0.2, 0.25) is 0 Å². The van der Waals surface area contributed by atoms with Crippen LogP contribution in [0.3, 0.4) is 0 Å². The van der Waals surface area contributed by atoms with Gasteiger partial charge in [-0.1, -0.05) is 0 Å². The van der Waals surface area contributed by atoms with Gasteiger partial charge in [-0.25, -0.2) is 18.4 Å². The Labute approximate surface area is 69.6 Å². The second-order valence-electron chi connectivity index (χ2n) is 2.11. The van der Waals surface area contributed by atoms with Gasteiger partial charge in [0.25, 0.3) is 0 Å². The van der Waals surface area contributed by atoms with Crippen LogP contribution in [0.15, 0.2) is 17.4 Å². The van der Waals surface area contributed by atoms with Crippen molar-refractivity contribution in [3.05, 3.63) is 18.0 Å². The fourth-order valence-corrected chi connectivity index (χ4v) is 1.10. The second kappa shape index (κ2) is 2.87. The Morgan fingerprint density at radius 2 is 2.25 bits per heavy atom. The van der Waals surface area contributed by atoms with E-state index in [1.165, 1.54) is 12.3 Å². The van der Waals surface area contributed by atoms with E-state index in [0.717, 1.165) is 6.26 Å². The fraction of sp³-hybridized carbons (Fsp3) is 0.167. The van der Waals surface area contributed by atoms with Crippen LogP contribution in [-0.2, 0) is 9.84 Å². The van der Waals surface area contributed by atoms with Gasteiger partial charge in [0.1, 0.15) is 11.8 Å². The van der Waals surface area contributed by atoms with Gasteiger partial charge in [-0.15, -0.1) is 0 Å². The predicted octanol–water partition coefficient (Wildman–Crippen LogP) is -0.248. The van der Waals surface area contributed by atoms with Crippen molar-refractivity contribution in [3.8, 4) is 6.07 Å². The summed E-state index contributed by atoms with van der Waals surface area (Å²) < 4.78 is 21.7. The van der Waals surface area contributed by atoms with E-state index in [-0.39, 0.29) is 10.9 Å². The number of hydrogen-bond acceptors (Lipinski definition) is 5. The molecule has 0 saturated heterocycles. The zero-order chi connectivity index (χ0) is 9.19. The van der Waals surface area contributed by atoms with Crippen LogP contribution in [0.25, 0.3) is 0 Å². The highest BCUT2D eigenvalue weighted by Crippen LogP contribution is 2.00. The van der Waals surface area contributed by atoms with E-state index in [0.29, 0.717) is 0 Å². The van der Waals surface area contributed by atoms with Gasteiger partial charge in [-0.05, 0) is 6.07 Å². The summed E-state index contributed by atoms with van der Waals surface area (Å²) in [4.78, 5) is 7.01. The molecule has 0 spiro atoms. The lowest BCUT2D eigenvalue weighted by Crippen LogP contribution is -2.04. The highest BCUT2D eigenvalue weighted by atomic mass is 32.2. The first-order valence-electron chi connectivity index (χ1n) is 2.97. The minimum Gasteiger partial charge on any atom is -0.227 e. The van der Waals surface area contributed by atoms with Gasteiger partial charge in [0.05, 0.1) is 0 Å². The molecule has 0 aliphatic heterocycles. The van der Waals surface area contributed by atoms with Gasteiger partial charge < -0.3 is 0 Å². The normalized spacial score (nSPS) is 10.7. The second-order valence-corrected chi connectivity index (χ2v) is 4.02. The Bertz CT molecular complexity index is 432. The van der Waals surface area contributed by atoms with Crippen LogP contribution >= 0.6 is 0 Å². The summed E-state index contributed by atoms with van der Waals surface area (Å²) in [7, 11) is -3.41. The number of rotatable bonds is 1. The summed E-state index contributed by atoms with van der Waals surface area (Å²) in [6.07, 6.45) is 2.23. The lowest BCUT2D eigenvalue weighted by molar-refractivity contribution is 0.592. The van der Waals surface area contributed by atoms with Crippen molar-refractivity contribution in [1.82, 2.24) is 9.97 Å². The van der Waals surface area contributed by atoms with Crippen molar-refractivity contribution >= 4 is 9.84 Å². The highest BCUT2D eigenvalue weighted by Gasteiger charge is 2.10. The smallest absolute Gasteiger partial charge is 0.227 e. The van der Waals surface area contributed by atoms with Crippen molar-refractivity contribution in [1.29, 1.82) is 5.26 Å². The molecule has 0 unspecified atom stereocenters. The Kier molecular flexibility index (Phi) is 2.06. The molecule has 0 aliphatic carbocycles. The van der Waals surface area contributed by atoms with E-state index >= 15 is 0 Å². The van der Waals surface area contributed by atoms with Gasteiger partial charge >= 0.3 is 0 Å². The van der Waals surface area contributed by atoms with Crippen LogP contribution in [0.4, 0.5) is 0 Å². The molecule has 5 nitrogen and oxygen atoms in total. The van der Waals surface area contributed by atoms with Gasteiger partial charge in [0, 0.05) is 12.5 Å². The fourth-order valence-electron chi connectivity index (χ4n) is 0.582. The lowest BCUT2D eigenvalue weighted by atomic mass is 10.5. The lowest BCUT2D eigenvalue weighted by Gasteiger charge is -1.94. The van der Waals surface area contributed by atoms with Crippen molar-refractivity contribution in [3.63, 3.8) is 0 Å². The quantitative estimate of drug-likeness (QED) is 0.560. The van der Waals surface area contributed by atoms with Crippen molar-refractivity contribution in [2.24, 2.45) is 0 Å². The molecular formula is C6H5N3O2S. The molecule has 1 heterocycles. The Morgan fingerprint density at radius 1 is 1.58 bits per heavy atom. The van der Waals surface area contributed by atoms with E-state index in [2.05, 4.69) is 9.97 Å². The molecule has 1 aromatic heterocycles. The Morgan fingerprint density at radius 3 is 2.75 bits per heavy atom.